The molecule has 0 radical (unpaired) electrons. The van der Waals surface area contributed by atoms with Gasteiger partial charge in [-0.15, -0.1) is 0 Å². The third kappa shape index (κ3) is 3.45. The molecule has 22 heavy (non-hydrogen) atoms. The highest BCUT2D eigenvalue weighted by molar-refractivity contribution is 7.18. The van der Waals surface area contributed by atoms with Gasteiger partial charge in [0, 0.05) is 32.4 Å². The first-order valence-electron chi connectivity index (χ1n) is 7.31. The Hall–Kier alpha value is -1.92. The Kier molecular flexibility index (Phi) is 4.70. The second-order valence-electron chi connectivity index (χ2n) is 5.21. The average Bonchev–Trinajstić information content (AvgIpc) is 3.06. The Balaban J connectivity index is 1.60. The minimum atomic E-state index is -0.172. The number of ether oxygens (including phenoxy) is 1. The Morgan fingerprint density at radius 2 is 1.95 bits per heavy atom. The molecule has 1 aliphatic heterocycles. The monoisotopic (exact) mass is 317 g/mol. The number of methoxy groups -OCH3 is 1. The van der Waals surface area contributed by atoms with Crippen LogP contribution in [0.25, 0.3) is 10.4 Å². The van der Waals surface area contributed by atoms with E-state index in [1.165, 1.54) is 17.6 Å². The zero-order chi connectivity index (χ0) is 15.4. The molecule has 0 saturated carbocycles. The van der Waals surface area contributed by atoms with Crippen LogP contribution in [0.3, 0.4) is 0 Å². The zero-order valence-electron chi connectivity index (χ0n) is 12.6. The molecule has 0 unspecified atom stereocenters. The fourth-order valence-corrected chi connectivity index (χ4v) is 3.46. The smallest absolute Gasteiger partial charge is 0.319 e. The first-order valence-corrected chi connectivity index (χ1v) is 8.13. The molecule has 0 amide bonds. The van der Waals surface area contributed by atoms with Gasteiger partial charge >= 0.3 is 5.97 Å². The maximum absolute atomic E-state index is 11.3. The van der Waals surface area contributed by atoms with Crippen LogP contribution in [0.1, 0.15) is 0 Å². The number of carbonyl (C=O) groups excluding carboxylic acids is 1. The van der Waals surface area contributed by atoms with Gasteiger partial charge in [-0.1, -0.05) is 41.7 Å². The first-order chi connectivity index (χ1) is 10.8. The summed E-state index contributed by atoms with van der Waals surface area (Å²) < 4.78 is 4.71. The van der Waals surface area contributed by atoms with E-state index >= 15 is 0 Å². The number of piperazine rings is 1. The highest BCUT2D eigenvalue weighted by Crippen LogP contribution is 2.31. The summed E-state index contributed by atoms with van der Waals surface area (Å²) in [6.45, 7) is 3.86. The summed E-state index contributed by atoms with van der Waals surface area (Å²) >= 11 is 1.72. The number of aromatic nitrogens is 1. The lowest BCUT2D eigenvalue weighted by Gasteiger charge is -2.33. The number of nitrogens with zero attached hydrogens (tertiary/aromatic N) is 3. The van der Waals surface area contributed by atoms with Crippen molar-refractivity contribution in [2.45, 2.75) is 0 Å². The van der Waals surface area contributed by atoms with Crippen LogP contribution in [0, 0.1) is 0 Å². The van der Waals surface area contributed by atoms with E-state index in [1.807, 2.05) is 24.4 Å². The lowest BCUT2D eigenvalue weighted by molar-refractivity contribution is -0.142. The molecule has 0 aliphatic carbocycles. The second kappa shape index (κ2) is 6.89. The highest BCUT2D eigenvalue weighted by atomic mass is 32.1. The molecule has 1 fully saturated rings. The van der Waals surface area contributed by atoms with Gasteiger partial charge in [-0.25, -0.2) is 4.98 Å². The van der Waals surface area contributed by atoms with E-state index in [-0.39, 0.29) is 5.97 Å². The summed E-state index contributed by atoms with van der Waals surface area (Å²) in [5, 5.41) is 1.05. The van der Waals surface area contributed by atoms with Crippen LogP contribution in [0.15, 0.2) is 36.5 Å². The number of thiazole rings is 1. The summed E-state index contributed by atoms with van der Waals surface area (Å²) in [5.74, 6) is -0.172. The molecule has 0 atom stereocenters. The number of benzene rings is 1. The highest BCUT2D eigenvalue weighted by Gasteiger charge is 2.21. The lowest BCUT2D eigenvalue weighted by atomic mass is 10.2. The third-order valence-electron chi connectivity index (χ3n) is 3.77. The van der Waals surface area contributed by atoms with Gasteiger partial charge in [0.15, 0.2) is 5.13 Å². The minimum Gasteiger partial charge on any atom is -0.468 e. The molecule has 1 saturated heterocycles. The van der Waals surface area contributed by atoms with Gasteiger partial charge in [-0.3, -0.25) is 9.69 Å². The molecule has 3 rings (SSSR count). The molecule has 0 N–H and O–H groups in total. The van der Waals surface area contributed by atoms with Crippen LogP contribution < -0.4 is 4.90 Å². The molecule has 2 heterocycles. The van der Waals surface area contributed by atoms with Gasteiger partial charge in [0.05, 0.1) is 18.5 Å². The number of anilines is 1. The molecule has 1 aromatic heterocycles. The fraction of sp³-hybridized carbons (Fsp3) is 0.375. The van der Waals surface area contributed by atoms with Crippen molar-refractivity contribution in [3.05, 3.63) is 36.5 Å². The maximum Gasteiger partial charge on any atom is 0.319 e. The Morgan fingerprint density at radius 3 is 2.64 bits per heavy atom. The fourth-order valence-electron chi connectivity index (χ4n) is 2.49. The van der Waals surface area contributed by atoms with Crippen molar-refractivity contribution in [2.75, 3.05) is 44.7 Å². The third-order valence-corrected chi connectivity index (χ3v) is 4.88. The van der Waals surface area contributed by atoms with Gasteiger partial charge in [-0.05, 0) is 5.56 Å². The number of esters is 1. The Morgan fingerprint density at radius 1 is 1.23 bits per heavy atom. The number of hydrogen-bond acceptors (Lipinski definition) is 6. The van der Waals surface area contributed by atoms with Gasteiger partial charge in [0.25, 0.3) is 0 Å². The van der Waals surface area contributed by atoms with Crippen molar-refractivity contribution >= 4 is 22.4 Å². The molecular formula is C16H19N3O2S. The molecule has 2 aromatic rings. The van der Waals surface area contributed by atoms with Crippen LogP contribution >= 0.6 is 11.3 Å². The van der Waals surface area contributed by atoms with Crippen LogP contribution in [-0.2, 0) is 9.53 Å². The van der Waals surface area contributed by atoms with Crippen molar-refractivity contribution < 1.29 is 9.53 Å². The number of hydrogen-bond donors (Lipinski definition) is 0. The van der Waals surface area contributed by atoms with E-state index in [0.29, 0.717) is 6.54 Å². The Labute approximate surface area is 134 Å². The summed E-state index contributed by atoms with van der Waals surface area (Å²) in [5.41, 5.74) is 1.20. The molecule has 0 bridgehead atoms. The molecule has 5 nitrogen and oxygen atoms in total. The predicted octanol–water partition coefficient (Wildman–Crippen LogP) is 2.11. The van der Waals surface area contributed by atoms with Crippen molar-refractivity contribution in [1.82, 2.24) is 9.88 Å². The van der Waals surface area contributed by atoms with E-state index in [4.69, 9.17) is 4.74 Å². The number of carbonyl (C=O) groups is 1. The first kappa shape index (κ1) is 15.0. The zero-order valence-corrected chi connectivity index (χ0v) is 13.4. The summed E-state index contributed by atoms with van der Waals surface area (Å²) in [6.07, 6.45) is 1.94. The molecule has 6 heteroatoms. The summed E-state index contributed by atoms with van der Waals surface area (Å²) in [7, 11) is 1.43. The average molecular weight is 317 g/mol. The molecule has 1 aliphatic rings. The largest absolute Gasteiger partial charge is 0.468 e. The number of rotatable bonds is 4. The molecular weight excluding hydrogens is 298 g/mol. The Bertz CT molecular complexity index is 621. The van der Waals surface area contributed by atoms with E-state index in [1.54, 1.807) is 11.3 Å². The van der Waals surface area contributed by atoms with Crippen molar-refractivity contribution in [1.29, 1.82) is 0 Å². The summed E-state index contributed by atoms with van der Waals surface area (Å²) in [4.78, 5) is 21.4. The van der Waals surface area contributed by atoms with Crippen LogP contribution in [0.5, 0.6) is 0 Å². The van der Waals surface area contributed by atoms with Crippen molar-refractivity contribution in [3.63, 3.8) is 0 Å². The van der Waals surface area contributed by atoms with E-state index in [2.05, 4.69) is 26.9 Å². The SMILES string of the molecule is COC(=O)CN1CCN(c2ncc(-c3ccccc3)s2)CC1. The predicted molar refractivity (Wildman–Crippen MR) is 88.2 cm³/mol. The molecule has 1 aromatic carbocycles. The minimum absolute atomic E-state index is 0.172. The van der Waals surface area contributed by atoms with Crippen LogP contribution in [-0.4, -0.2) is 55.7 Å². The van der Waals surface area contributed by atoms with Gasteiger partial charge in [-0.2, -0.15) is 0 Å². The summed E-state index contributed by atoms with van der Waals surface area (Å²) in [6, 6.07) is 10.3. The molecule has 0 spiro atoms. The van der Waals surface area contributed by atoms with E-state index < -0.39 is 0 Å². The van der Waals surface area contributed by atoms with Gasteiger partial charge < -0.3 is 9.64 Å². The van der Waals surface area contributed by atoms with Crippen molar-refractivity contribution in [2.24, 2.45) is 0 Å². The van der Waals surface area contributed by atoms with E-state index in [0.717, 1.165) is 31.3 Å². The standard InChI is InChI=1S/C16H19N3O2S/c1-21-15(20)12-18-7-9-19(10-8-18)16-17-11-14(22-16)13-5-3-2-4-6-13/h2-6,11H,7-10,12H2,1H3. The van der Waals surface area contributed by atoms with Gasteiger partial charge in [0.1, 0.15) is 0 Å². The topological polar surface area (TPSA) is 45.7 Å². The van der Waals surface area contributed by atoms with E-state index in [9.17, 15) is 4.79 Å². The van der Waals surface area contributed by atoms with Crippen LogP contribution in [0.2, 0.25) is 0 Å². The maximum atomic E-state index is 11.3. The normalized spacial score (nSPS) is 15.8. The van der Waals surface area contributed by atoms with Gasteiger partial charge in [0.2, 0.25) is 0 Å². The van der Waals surface area contributed by atoms with Crippen LogP contribution in [0.4, 0.5) is 5.13 Å². The second-order valence-corrected chi connectivity index (χ2v) is 6.22. The quantitative estimate of drug-likeness (QED) is 0.808. The molecule has 116 valence electrons. The van der Waals surface area contributed by atoms with Crippen molar-refractivity contribution in [3.8, 4) is 10.4 Å². The lowest BCUT2D eigenvalue weighted by Crippen LogP contribution is -2.48.